The molecule has 0 radical (unpaired) electrons. The van der Waals surface area contributed by atoms with Crippen LogP contribution in [0.2, 0.25) is 0 Å². The molecule has 1 aliphatic carbocycles. The zero-order chi connectivity index (χ0) is 14.9. The molecule has 3 nitrogen and oxygen atoms in total. The highest BCUT2D eigenvalue weighted by Gasteiger charge is 2.53. The molecule has 1 N–H and O–H groups in total. The number of hydrogen-bond donors (Lipinski definition) is 1. The van der Waals surface area contributed by atoms with Gasteiger partial charge in [0.15, 0.2) is 0 Å². The van der Waals surface area contributed by atoms with Crippen LogP contribution in [-0.4, -0.2) is 35.2 Å². The average molecular weight is 278 g/mol. The van der Waals surface area contributed by atoms with Gasteiger partial charge in [0, 0.05) is 6.54 Å². The second kappa shape index (κ2) is 5.66. The van der Waals surface area contributed by atoms with Gasteiger partial charge in [-0.15, -0.1) is 0 Å². The van der Waals surface area contributed by atoms with E-state index in [0.29, 0.717) is 5.41 Å². The Morgan fingerprint density at radius 1 is 1.05 bits per heavy atom. The molecular weight excluding hydrogens is 248 g/mol. The Hall–Kier alpha value is -0.590. The second-order valence-electron chi connectivity index (χ2n) is 7.68. The monoisotopic (exact) mass is 278 g/mol. The summed E-state index contributed by atoms with van der Waals surface area (Å²) >= 11 is 0. The second-order valence-corrected chi connectivity index (χ2v) is 7.68. The van der Waals surface area contributed by atoms with Crippen LogP contribution >= 0.6 is 0 Å². The highest BCUT2D eigenvalue weighted by Crippen LogP contribution is 2.53. The van der Waals surface area contributed by atoms with Crippen molar-refractivity contribution in [3.05, 3.63) is 0 Å². The van der Waals surface area contributed by atoms with Crippen molar-refractivity contribution in [2.45, 2.75) is 71.3 Å². The van der Waals surface area contributed by atoms with E-state index in [1.54, 1.807) is 0 Å². The minimum absolute atomic E-state index is 0.330. The van der Waals surface area contributed by atoms with Crippen LogP contribution in [0.25, 0.3) is 0 Å². The fourth-order valence-corrected chi connectivity index (χ4v) is 4.00. The minimum Gasteiger partial charge on any atom is -0.388 e. The maximum Gasteiger partial charge on any atom is 0.0861 e. The van der Waals surface area contributed by atoms with Gasteiger partial charge in [0.1, 0.15) is 0 Å². The van der Waals surface area contributed by atoms with Crippen LogP contribution in [0, 0.1) is 22.2 Å². The van der Waals surface area contributed by atoms with Gasteiger partial charge in [0.05, 0.1) is 17.1 Å². The van der Waals surface area contributed by atoms with E-state index in [1.165, 1.54) is 0 Å². The van der Waals surface area contributed by atoms with Gasteiger partial charge in [0.25, 0.3) is 0 Å². The molecule has 2 rings (SSSR count). The summed E-state index contributed by atoms with van der Waals surface area (Å²) in [4.78, 5) is 2.40. The van der Waals surface area contributed by atoms with E-state index < -0.39 is 11.0 Å². The number of rotatable bonds is 2. The summed E-state index contributed by atoms with van der Waals surface area (Å²) in [6.07, 6.45) is 6.39. The maximum atomic E-state index is 11.3. The van der Waals surface area contributed by atoms with Crippen molar-refractivity contribution < 1.29 is 5.11 Å². The first-order valence-electron chi connectivity index (χ1n) is 8.22. The van der Waals surface area contributed by atoms with E-state index in [2.05, 4.69) is 31.7 Å². The van der Waals surface area contributed by atoms with Crippen molar-refractivity contribution in [2.24, 2.45) is 10.8 Å². The van der Waals surface area contributed by atoms with Gasteiger partial charge in [-0.2, -0.15) is 5.26 Å². The summed E-state index contributed by atoms with van der Waals surface area (Å²) in [5.41, 5.74) is -0.953. The fourth-order valence-electron chi connectivity index (χ4n) is 4.00. The third kappa shape index (κ3) is 2.87. The van der Waals surface area contributed by atoms with Crippen molar-refractivity contribution in [1.82, 2.24) is 4.90 Å². The molecule has 20 heavy (non-hydrogen) atoms. The molecule has 1 aliphatic heterocycles. The number of nitriles is 1. The zero-order valence-electron chi connectivity index (χ0n) is 13.4. The number of aliphatic hydroxyl groups is 1. The smallest absolute Gasteiger partial charge is 0.0861 e. The average Bonchev–Trinajstić information content (AvgIpc) is 2.62. The van der Waals surface area contributed by atoms with Gasteiger partial charge < -0.3 is 10.0 Å². The highest BCUT2D eigenvalue weighted by atomic mass is 16.3. The van der Waals surface area contributed by atoms with Gasteiger partial charge in [-0.25, -0.2) is 0 Å². The summed E-state index contributed by atoms with van der Waals surface area (Å²) in [5, 5.41) is 21.1. The standard InChI is InChI=1S/C17H30N2O/c1-4-19-12-5-6-17(20,11-13-19)16(14-18)9-7-15(2,3)8-10-16/h20H,4-13H2,1-3H3. The molecule has 0 aromatic rings. The number of hydrogen-bond acceptors (Lipinski definition) is 3. The van der Waals surface area contributed by atoms with Crippen molar-refractivity contribution in [3.63, 3.8) is 0 Å². The van der Waals surface area contributed by atoms with Gasteiger partial charge in [-0.3, -0.25) is 0 Å². The molecule has 1 saturated carbocycles. The Morgan fingerprint density at radius 3 is 2.25 bits per heavy atom. The number of nitrogens with zero attached hydrogens (tertiary/aromatic N) is 2. The lowest BCUT2D eigenvalue weighted by Gasteiger charge is -2.48. The molecule has 3 heteroatoms. The quantitative estimate of drug-likeness (QED) is 0.842. The van der Waals surface area contributed by atoms with E-state index in [-0.39, 0.29) is 0 Å². The normalized spacial score (nSPS) is 34.1. The van der Waals surface area contributed by atoms with Crippen molar-refractivity contribution in [3.8, 4) is 6.07 Å². The summed E-state index contributed by atoms with van der Waals surface area (Å²) in [6.45, 7) is 9.77. The Labute approximate surface area is 124 Å². The summed E-state index contributed by atoms with van der Waals surface area (Å²) < 4.78 is 0. The number of likely N-dealkylation sites (tertiary alicyclic amines) is 1. The zero-order valence-corrected chi connectivity index (χ0v) is 13.4. The largest absolute Gasteiger partial charge is 0.388 e. The van der Waals surface area contributed by atoms with Crippen LogP contribution in [0.1, 0.15) is 65.7 Å². The molecule has 0 spiro atoms. The molecular formula is C17H30N2O. The van der Waals surface area contributed by atoms with Crippen LogP contribution in [0.3, 0.4) is 0 Å². The molecule has 1 atom stereocenters. The van der Waals surface area contributed by atoms with Crippen LogP contribution in [0.5, 0.6) is 0 Å². The van der Waals surface area contributed by atoms with E-state index in [4.69, 9.17) is 0 Å². The van der Waals surface area contributed by atoms with Crippen molar-refractivity contribution in [2.75, 3.05) is 19.6 Å². The Morgan fingerprint density at radius 2 is 1.70 bits per heavy atom. The van der Waals surface area contributed by atoms with Gasteiger partial charge >= 0.3 is 0 Å². The van der Waals surface area contributed by atoms with Crippen LogP contribution < -0.4 is 0 Å². The molecule has 0 amide bonds. The Kier molecular flexibility index (Phi) is 4.47. The SMILES string of the molecule is CCN1CCCC(O)(C2(C#N)CCC(C)(C)CC2)CC1. The lowest BCUT2D eigenvalue weighted by Crippen LogP contribution is -2.51. The molecule has 0 bridgehead atoms. The van der Waals surface area contributed by atoms with E-state index in [1.807, 2.05) is 0 Å². The summed E-state index contributed by atoms with van der Waals surface area (Å²) in [5.74, 6) is 0. The van der Waals surface area contributed by atoms with Crippen molar-refractivity contribution in [1.29, 1.82) is 5.26 Å². The van der Waals surface area contributed by atoms with Gasteiger partial charge in [0.2, 0.25) is 0 Å². The molecule has 0 aromatic carbocycles. The molecule has 1 saturated heterocycles. The third-order valence-corrected chi connectivity index (χ3v) is 5.92. The molecule has 114 valence electrons. The summed E-state index contributed by atoms with van der Waals surface area (Å²) in [6, 6.07) is 2.56. The molecule has 1 heterocycles. The molecule has 2 aliphatic rings. The first-order valence-corrected chi connectivity index (χ1v) is 8.22. The van der Waals surface area contributed by atoms with Crippen LogP contribution in [0.15, 0.2) is 0 Å². The lowest BCUT2D eigenvalue weighted by atomic mass is 9.57. The predicted octanol–water partition coefficient (Wildman–Crippen LogP) is 3.33. The predicted molar refractivity (Wildman–Crippen MR) is 81.2 cm³/mol. The lowest BCUT2D eigenvalue weighted by molar-refractivity contribution is -0.0940. The minimum atomic E-state index is -0.776. The molecule has 0 aromatic heterocycles. The Bertz CT molecular complexity index is 375. The van der Waals surface area contributed by atoms with Crippen molar-refractivity contribution >= 4 is 0 Å². The van der Waals surface area contributed by atoms with Crippen LogP contribution in [-0.2, 0) is 0 Å². The molecule has 1 unspecified atom stereocenters. The third-order valence-electron chi connectivity index (χ3n) is 5.92. The fraction of sp³-hybridized carbons (Fsp3) is 0.941. The van der Waals surface area contributed by atoms with E-state index in [0.717, 1.165) is 64.6 Å². The van der Waals surface area contributed by atoms with Crippen LogP contribution in [0.4, 0.5) is 0 Å². The van der Waals surface area contributed by atoms with E-state index in [9.17, 15) is 10.4 Å². The van der Waals surface area contributed by atoms with Gasteiger partial charge in [-0.1, -0.05) is 20.8 Å². The summed E-state index contributed by atoms with van der Waals surface area (Å²) in [7, 11) is 0. The Balaban J connectivity index is 2.16. The van der Waals surface area contributed by atoms with Gasteiger partial charge in [-0.05, 0) is 63.5 Å². The highest BCUT2D eigenvalue weighted by molar-refractivity contribution is 5.14. The first kappa shape index (κ1) is 15.8. The topological polar surface area (TPSA) is 47.3 Å². The first-order chi connectivity index (χ1) is 9.36. The maximum absolute atomic E-state index is 11.3. The van der Waals surface area contributed by atoms with E-state index >= 15 is 0 Å². The molecule has 2 fully saturated rings.